The highest BCUT2D eigenvalue weighted by atomic mass is 15.2. The zero-order valence-corrected chi connectivity index (χ0v) is 3.55. The molecule has 0 bridgehead atoms. The maximum atomic E-state index is 6.93. The summed E-state index contributed by atoms with van der Waals surface area (Å²) in [4.78, 5) is 0. The molecule has 0 radical (unpaired) electrons. The molecule has 32 valence electrons. The fourth-order valence-corrected chi connectivity index (χ4v) is 0.299. The van der Waals surface area contributed by atoms with Crippen LogP contribution in [0.15, 0.2) is 18.4 Å². The molecular formula is C4H6N2. The summed E-state index contributed by atoms with van der Waals surface area (Å²) in [5, 5.41) is 3.75. The van der Waals surface area contributed by atoms with Crippen LogP contribution in [0.5, 0.6) is 0 Å². The molecule has 0 spiro atoms. The van der Waals surface area contributed by atoms with Gasteiger partial charge >= 0.3 is 0 Å². The molecule has 1 heterocycles. The average Bonchev–Trinajstić information content (AvgIpc) is 1.87. The van der Waals surface area contributed by atoms with E-state index >= 15 is 0 Å². The molecule has 0 aromatic carbocycles. The summed E-state index contributed by atoms with van der Waals surface area (Å²) in [5.74, 6) is 0. The van der Waals surface area contributed by atoms with Gasteiger partial charge in [0.05, 0.1) is 1.37 Å². The second kappa shape index (κ2) is 1.12. The zero-order valence-electron chi connectivity index (χ0n) is 4.55. The van der Waals surface area contributed by atoms with Gasteiger partial charge in [0.15, 0.2) is 0 Å². The molecule has 0 atom stereocenters. The van der Waals surface area contributed by atoms with Gasteiger partial charge in [0.2, 0.25) is 0 Å². The lowest BCUT2D eigenvalue weighted by Crippen LogP contribution is -1.83. The summed E-state index contributed by atoms with van der Waals surface area (Å²) < 4.78 is 8.53. The van der Waals surface area contributed by atoms with Crippen LogP contribution in [-0.2, 0) is 7.05 Å². The summed E-state index contributed by atoms with van der Waals surface area (Å²) >= 11 is 0. The van der Waals surface area contributed by atoms with E-state index in [2.05, 4.69) is 5.10 Å². The summed E-state index contributed by atoms with van der Waals surface area (Å²) in [5.41, 5.74) is 0. The van der Waals surface area contributed by atoms with E-state index in [1.54, 1.807) is 17.9 Å². The van der Waals surface area contributed by atoms with Gasteiger partial charge in [-0.3, -0.25) is 4.68 Å². The van der Waals surface area contributed by atoms with E-state index in [-0.39, 0.29) is 0 Å². The Kier molecular flexibility index (Phi) is 0.449. The van der Waals surface area contributed by atoms with Crippen molar-refractivity contribution in [3.8, 4) is 0 Å². The van der Waals surface area contributed by atoms with Crippen molar-refractivity contribution in [1.29, 1.82) is 0 Å². The molecule has 1 aromatic heterocycles. The van der Waals surface area contributed by atoms with Crippen molar-refractivity contribution in [2.45, 2.75) is 0 Å². The lowest BCUT2D eigenvalue weighted by Gasteiger charge is -1.77. The minimum Gasteiger partial charge on any atom is -0.276 e. The van der Waals surface area contributed by atoms with Crippen molar-refractivity contribution >= 4 is 0 Å². The number of hydrogen-bond acceptors (Lipinski definition) is 1. The van der Waals surface area contributed by atoms with Crippen LogP contribution in [0.2, 0.25) is 0 Å². The highest BCUT2D eigenvalue weighted by molar-refractivity contribution is 4.75. The monoisotopic (exact) mass is 83.1 g/mol. The second-order valence-corrected chi connectivity index (χ2v) is 1.11. The van der Waals surface area contributed by atoms with E-state index in [1.807, 2.05) is 0 Å². The number of aryl methyl sites for hydroxylation is 1. The van der Waals surface area contributed by atoms with Crippen LogP contribution in [0.3, 0.4) is 0 Å². The third-order valence-corrected chi connectivity index (χ3v) is 0.576. The van der Waals surface area contributed by atoms with E-state index in [0.717, 1.165) is 0 Å². The first-order valence-electron chi connectivity index (χ1n) is 2.24. The third-order valence-electron chi connectivity index (χ3n) is 0.576. The van der Waals surface area contributed by atoms with Crippen molar-refractivity contribution in [1.82, 2.24) is 9.78 Å². The summed E-state index contributed by atoms with van der Waals surface area (Å²) in [6, 6.07) is 0.461. The first-order chi connectivity index (χ1) is 3.29. The number of hydrogen-bond donors (Lipinski definition) is 0. The number of nitrogens with zero attached hydrogens (tertiary/aromatic N) is 2. The predicted octanol–water partition coefficient (Wildman–Crippen LogP) is 0.420. The molecule has 2 heteroatoms. The Balaban J connectivity index is 3.04. The molecule has 0 aliphatic heterocycles. The SMILES string of the molecule is [2H]c1cnn(C)c1. The van der Waals surface area contributed by atoms with E-state index in [0.29, 0.717) is 6.04 Å². The van der Waals surface area contributed by atoms with Gasteiger partial charge in [-0.25, -0.2) is 0 Å². The molecule has 0 aliphatic rings. The minimum atomic E-state index is 0.461. The smallest absolute Gasteiger partial charge is 0.0656 e. The molecule has 1 aromatic rings. The molecule has 0 N–H and O–H groups in total. The van der Waals surface area contributed by atoms with Crippen molar-refractivity contribution in [2.75, 3.05) is 0 Å². The Morgan fingerprint density at radius 2 is 2.83 bits per heavy atom. The zero-order chi connectivity index (χ0) is 5.28. The highest BCUT2D eigenvalue weighted by Gasteiger charge is 1.69. The molecule has 2 nitrogen and oxygen atoms in total. The Hall–Kier alpha value is -0.790. The van der Waals surface area contributed by atoms with Gasteiger partial charge in [0.25, 0.3) is 0 Å². The van der Waals surface area contributed by atoms with Gasteiger partial charge in [-0.2, -0.15) is 5.10 Å². The van der Waals surface area contributed by atoms with Crippen LogP contribution in [0.25, 0.3) is 0 Å². The molecule has 0 fully saturated rings. The maximum absolute atomic E-state index is 6.93. The number of rotatable bonds is 0. The van der Waals surface area contributed by atoms with Crippen LogP contribution in [-0.4, -0.2) is 9.78 Å². The third kappa shape index (κ3) is 0.407. The van der Waals surface area contributed by atoms with Crippen LogP contribution < -0.4 is 0 Å². The van der Waals surface area contributed by atoms with Gasteiger partial charge in [0, 0.05) is 19.4 Å². The normalized spacial score (nSPS) is 11.2. The average molecular weight is 83.1 g/mol. The summed E-state index contributed by atoms with van der Waals surface area (Å²) in [7, 11) is 1.79. The minimum absolute atomic E-state index is 0.461. The van der Waals surface area contributed by atoms with E-state index in [1.165, 1.54) is 6.20 Å². The van der Waals surface area contributed by atoms with Crippen LogP contribution in [0.1, 0.15) is 1.37 Å². The molecular weight excluding hydrogens is 76.1 g/mol. The first-order valence-corrected chi connectivity index (χ1v) is 1.74. The fourth-order valence-electron chi connectivity index (χ4n) is 0.299. The molecule has 0 saturated carbocycles. The van der Waals surface area contributed by atoms with Gasteiger partial charge < -0.3 is 0 Å². The summed E-state index contributed by atoms with van der Waals surface area (Å²) in [6.45, 7) is 0. The largest absolute Gasteiger partial charge is 0.276 e. The number of aromatic nitrogens is 2. The van der Waals surface area contributed by atoms with Crippen molar-refractivity contribution in [3.05, 3.63) is 18.4 Å². The van der Waals surface area contributed by atoms with E-state index < -0.39 is 0 Å². The van der Waals surface area contributed by atoms with Crippen LogP contribution >= 0.6 is 0 Å². The van der Waals surface area contributed by atoms with Gasteiger partial charge in [-0.05, 0) is 6.04 Å². The van der Waals surface area contributed by atoms with Crippen LogP contribution in [0, 0.1) is 0 Å². The van der Waals surface area contributed by atoms with Gasteiger partial charge in [-0.15, -0.1) is 0 Å². The second-order valence-electron chi connectivity index (χ2n) is 1.11. The molecule has 0 unspecified atom stereocenters. The molecule has 0 amide bonds. The lowest BCUT2D eigenvalue weighted by atomic mass is 10.8. The topological polar surface area (TPSA) is 17.8 Å². The van der Waals surface area contributed by atoms with E-state index in [4.69, 9.17) is 1.37 Å². The van der Waals surface area contributed by atoms with Crippen molar-refractivity contribution < 1.29 is 1.37 Å². The Morgan fingerprint density at radius 3 is 3.00 bits per heavy atom. The molecule has 1 rings (SSSR count). The van der Waals surface area contributed by atoms with Gasteiger partial charge in [0.1, 0.15) is 0 Å². The standard InChI is InChI=1S/C4H6N2/c1-6-4-2-3-5-6/h2-4H,1H3/i2D. The summed E-state index contributed by atoms with van der Waals surface area (Å²) in [6.07, 6.45) is 3.14. The molecule has 6 heavy (non-hydrogen) atoms. The van der Waals surface area contributed by atoms with Gasteiger partial charge in [-0.1, -0.05) is 0 Å². The Labute approximate surface area is 37.8 Å². The molecule has 0 saturated heterocycles. The molecule has 0 aliphatic carbocycles. The highest BCUT2D eigenvalue weighted by Crippen LogP contribution is 1.73. The Morgan fingerprint density at radius 1 is 2.00 bits per heavy atom. The lowest BCUT2D eigenvalue weighted by molar-refractivity contribution is 0.768. The van der Waals surface area contributed by atoms with Crippen molar-refractivity contribution in [2.24, 2.45) is 7.05 Å². The van der Waals surface area contributed by atoms with Crippen LogP contribution in [0.4, 0.5) is 0 Å². The quantitative estimate of drug-likeness (QED) is 0.444. The first kappa shape index (κ1) is 2.39. The van der Waals surface area contributed by atoms with Crippen molar-refractivity contribution in [3.63, 3.8) is 0 Å². The van der Waals surface area contributed by atoms with E-state index in [9.17, 15) is 0 Å². The fraction of sp³-hybridized carbons (Fsp3) is 0.250. The predicted molar refractivity (Wildman–Crippen MR) is 23.2 cm³/mol. The Bertz CT molecular complexity index is 142. The maximum Gasteiger partial charge on any atom is 0.0656 e.